The van der Waals surface area contributed by atoms with E-state index in [4.69, 9.17) is 0 Å². The van der Waals surface area contributed by atoms with Gasteiger partial charge in [0.1, 0.15) is 9.84 Å². The number of benzene rings is 1. The molecule has 3 nitrogen and oxygen atoms in total. The Morgan fingerprint density at radius 3 is 2.63 bits per heavy atom. The van der Waals surface area contributed by atoms with Gasteiger partial charge in [-0.25, -0.2) is 8.42 Å². The first-order chi connectivity index (χ1) is 8.87. The monoisotopic (exact) mass is 281 g/mol. The zero-order chi connectivity index (χ0) is 14.0. The fourth-order valence-electron chi connectivity index (χ4n) is 2.96. The number of likely N-dealkylation sites (tertiary alicyclic amines) is 1. The van der Waals surface area contributed by atoms with E-state index in [1.807, 2.05) is 0 Å². The zero-order valence-corrected chi connectivity index (χ0v) is 12.8. The summed E-state index contributed by atoms with van der Waals surface area (Å²) in [6.07, 6.45) is 2.43. The molecule has 1 fully saturated rings. The molecule has 1 aromatic rings. The molecule has 4 heteroatoms. The normalized spacial score (nSPS) is 24.8. The van der Waals surface area contributed by atoms with Crippen LogP contribution in [0.3, 0.4) is 0 Å². The lowest BCUT2D eigenvalue weighted by Gasteiger charge is -2.20. The van der Waals surface area contributed by atoms with E-state index in [-0.39, 0.29) is 5.75 Å². The smallest absolute Gasteiger partial charge is 0.148 e. The Balaban J connectivity index is 2.03. The summed E-state index contributed by atoms with van der Waals surface area (Å²) in [7, 11) is -2.87. The molecule has 106 valence electrons. The van der Waals surface area contributed by atoms with Gasteiger partial charge in [0.2, 0.25) is 0 Å². The summed E-state index contributed by atoms with van der Waals surface area (Å²) in [6.45, 7) is 5.98. The van der Waals surface area contributed by atoms with Gasteiger partial charge in [-0.1, -0.05) is 24.3 Å². The molecule has 0 N–H and O–H groups in total. The Hall–Kier alpha value is -0.870. The van der Waals surface area contributed by atoms with Gasteiger partial charge in [0.15, 0.2) is 0 Å². The molecular weight excluding hydrogens is 258 g/mol. The average Bonchev–Trinajstić information content (AvgIpc) is 2.68. The first-order valence-electron chi connectivity index (χ1n) is 6.84. The predicted octanol–water partition coefficient (Wildman–Crippen LogP) is 2.22. The van der Waals surface area contributed by atoms with Crippen molar-refractivity contribution in [2.45, 2.75) is 32.2 Å². The first kappa shape index (κ1) is 14.5. The van der Waals surface area contributed by atoms with Crippen LogP contribution in [-0.2, 0) is 9.84 Å². The number of rotatable bonds is 4. The highest BCUT2D eigenvalue weighted by molar-refractivity contribution is 7.90. The zero-order valence-electron chi connectivity index (χ0n) is 12.0. The van der Waals surface area contributed by atoms with Crippen molar-refractivity contribution in [1.29, 1.82) is 0 Å². The maximum atomic E-state index is 11.3. The molecule has 0 radical (unpaired) electrons. The summed E-state index contributed by atoms with van der Waals surface area (Å²) in [6, 6.07) is 8.97. The Bertz CT molecular complexity index is 539. The molecular formula is C15H23NO2S. The lowest BCUT2D eigenvalue weighted by atomic mass is 9.93. The number of sulfone groups is 1. The van der Waals surface area contributed by atoms with Crippen LogP contribution in [0.1, 0.15) is 30.4 Å². The second-order valence-corrected chi connectivity index (χ2v) is 8.02. The molecule has 1 aliphatic heterocycles. The van der Waals surface area contributed by atoms with Crippen molar-refractivity contribution in [3.63, 3.8) is 0 Å². The highest BCUT2D eigenvalue weighted by Crippen LogP contribution is 2.32. The van der Waals surface area contributed by atoms with E-state index in [1.54, 1.807) is 0 Å². The van der Waals surface area contributed by atoms with Crippen LogP contribution < -0.4 is 0 Å². The summed E-state index contributed by atoms with van der Waals surface area (Å²) >= 11 is 0. The maximum Gasteiger partial charge on any atom is 0.148 e. The molecule has 19 heavy (non-hydrogen) atoms. The fraction of sp³-hybridized carbons (Fsp3) is 0.600. The van der Waals surface area contributed by atoms with Gasteiger partial charge in [-0.2, -0.15) is 0 Å². The van der Waals surface area contributed by atoms with E-state index in [1.165, 1.54) is 17.4 Å². The molecule has 1 aromatic carbocycles. The van der Waals surface area contributed by atoms with Gasteiger partial charge >= 0.3 is 0 Å². The van der Waals surface area contributed by atoms with Crippen molar-refractivity contribution in [3.8, 4) is 0 Å². The van der Waals surface area contributed by atoms with Crippen LogP contribution in [0.5, 0.6) is 0 Å². The SMILES string of the molecule is Cc1ccccc1[C@H]1C[C@H](C)N(CCS(C)(=O)=O)C1. The van der Waals surface area contributed by atoms with E-state index in [9.17, 15) is 8.42 Å². The van der Waals surface area contributed by atoms with Crippen molar-refractivity contribution in [2.24, 2.45) is 0 Å². The average molecular weight is 281 g/mol. The Morgan fingerprint density at radius 2 is 2.00 bits per heavy atom. The minimum Gasteiger partial charge on any atom is -0.299 e. The summed E-state index contributed by atoms with van der Waals surface area (Å²) < 4.78 is 22.5. The van der Waals surface area contributed by atoms with E-state index < -0.39 is 9.84 Å². The highest BCUT2D eigenvalue weighted by Gasteiger charge is 2.30. The van der Waals surface area contributed by atoms with Gasteiger partial charge < -0.3 is 0 Å². The minimum atomic E-state index is -2.87. The maximum absolute atomic E-state index is 11.3. The van der Waals surface area contributed by atoms with Gasteiger partial charge in [-0.05, 0) is 37.3 Å². The second kappa shape index (κ2) is 5.63. The van der Waals surface area contributed by atoms with Crippen LogP contribution in [-0.4, -0.2) is 44.5 Å². The van der Waals surface area contributed by atoms with Crippen LogP contribution in [0.15, 0.2) is 24.3 Å². The van der Waals surface area contributed by atoms with Gasteiger partial charge in [-0.3, -0.25) is 4.90 Å². The van der Waals surface area contributed by atoms with Crippen LogP contribution in [0.4, 0.5) is 0 Å². The molecule has 0 unspecified atom stereocenters. The molecule has 2 atom stereocenters. The quantitative estimate of drug-likeness (QED) is 0.849. The molecule has 0 spiro atoms. The van der Waals surface area contributed by atoms with Gasteiger partial charge in [0.25, 0.3) is 0 Å². The highest BCUT2D eigenvalue weighted by atomic mass is 32.2. The molecule has 1 heterocycles. The van der Waals surface area contributed by atoms with Crippen LogP contribution in [0.25, 0.3) is 0 Å². The lowest BCUT2D eigenvalue weighted by molar-refractivity contribution is 0.283. The Morgan fingerprint density at radius 1 is 1.32 bits per heavy atom. The number of hydrogen-bond donors (Lipinski definition) is 0. The van der Waals surface area contributed by atoms with Gasteiger partial charge in [0, 0.05) is 25.4 Å². The summed E-state index contributed by atoms with van der Waals surface area (Å²) in [5.41, 5.74) is 2.75. The predicted molar refractivity (Wildman–Crippen MR) is 79.3 cm³/mol. The summed E-state index contributed by atoms with van der Waals surface area (Å²) in [4.78, 5) is 2.30. The molecule has 0 aliphatic carbocycles. The number of nitrogens with zero attached hydrogens (tertiary/aromatic N) is 1. The molecule has 1 aliphatic rings. The third-order valence-corrected chi connectivity index (χ3v) is 5.01. The molecule has 2 rings (SSSR count). The van der Waals surface area contributed by atoms with Crippen LogP contribution in [0, 0.1) is 6.92 Å². The van der Waals surface area contributed by atoms with E-state index in [0.717, 1.165) is 13.0 Å². The van der Waals surface area contributed by atoms with Crippen molar-refractivity contribution < 1.29 is 8.42 Å². The molecule has 0 amide bonds. The van der Waals surface area contributed by atoms with E-state index >= 15 is 0 Å². The van der Waals surface area contributed by atoms with E-state index in [0.29, 0.717) is 18.5 Å². The molecule has 1 saturated heterocycles. The number of hydrogen-bond acceptors (Lipinski definition) is 3. The van der Waals surface area contributed by atoms with Crippen molar-refractivity contribution >= 4 is 9.84 Å². The largest absolute Gasteiger partial charge is 0.299 e. The number of aryl methyl sites for hydroxylation is 1. The third kappa shape index (κ3) is 3.80. The lowest BCUT2D eigenvalue weighted by Crippen LogP contribution is -2.32. The molecule has 0 saturated carbocycles. The third-order valence-electron chi connectivity index (χ3n) is 4.08. The second-order valence-electron chi connectivity index (χ2n) is 5.76. The van der Waals surface area contributed by atoms with Crippen molar-refractivity contribution in [2.75, 3.05) is 25.1 Å². The standard InChI is InChI=1S/C15H23NO2S/c1-12-6-4-5-7-15(12)14-10-13(2)16(11-14)8-9-19(3,17)18/h4-7,13-14H,8-11H2,1-3H3/t13-,14-/m0/s1. The van der Waals surface area contributed by atoms with Gasteiger partial charge in [-0.15, -0.1) is 0 Å². The minimum absolute atomic E-state index is 0.262. The molecule has 0 aromatic heterocycles. The van der Waals surface area contributed by atoms with Crippen molar-refractivity contribution in [3.05, 3.63) is 35.4 Å². The van der Waals surface area contributed by atoms with E-state index in [2.05, 4.69) is 43.0 Å². The first-order valence-corrected chi connectivity index (χ1v) is 8.90. The van der Waals surface area contributed by atoms with Crippen LogP contribution >= 0.6 is 0 Å². The van der Waals surface area contributed by atoms with Gasteiger partial charge in [0.05, 0.1) is 5.75 Å². The topological polar surface area (TPSA) is 37.4 Å². The fourth-order valence-corrected chi connectivity index (χ4v) is 3.53. The summed E-state index contributed by atoms with van der Waals surface area (Å²) in [5, 5.41) is 0. The summed E-state index contributed by atoms with van der Waals surface area (Å²) in [5.74, 6) is 0.799. The van der Waals surface area contributed by atoms with Crippen molar-refractivity contribution in [1.82, 2.24) is 4.90 Å². The Kier molecular flexibility index (Phi) is 4.31. The molecule has 0 bridgehead atoms. The Labute approximate surface area is 116 Å². The van der Waals surface area contributed by atoms with Crippen LogP contribution in [0.2, 0.25) is 0 Å².